The van der Waals surface area contributed by atoms with E-state index in [9.17, 15) is 21.6 Å². The van der Waals surface area contributed by atoms with Gasteiger partial charge in [-0.05, 0) is 42.5 Å². The minimum Gasteiger partial charge on any atom is -0.481 e. The molecule has 166 valence electrons. The van der Waals surface area contributed by atoms with Gasteiger partial charge in [0, 0.05) is 23.3 Å². The zero-order valence-electron chi connectivity index (χ0n) is 16.4. The van der Waals surface area contributed by atoms with Crippen LogP contribution in [0.3, 0.4) is 0 Å². The van der Waals surface area contributed by atoms with Crippen LogP contribution in [0.15, 0.2) is 71.8 Å². The highest BCUT2D eigenvalue weighted by atomic mass is 35.5. The van der Waals surface area contributed by atoms with Crippen LogP contribution in [0.25, 0.3) is 10.9 Å². The largest absolute Gasteiger partial charge is 0.481 e. The number of benzene rings is 2. The summed E-state index contributed by atoms with van der Waals surface area (Å²) in [6.45, 7) is 0. The van der Waals surface area contributed by atoms with Gasteiger partial charge in [-0.2, -0.15) is 18.2 Å². The maximum Gasteiger partial charge on any atom is 0.416 e. The van der Waals surface area contributed by atoms with Crippen molar-refractivity contribution >= 4 is 43.9 Å². The smallest absolute Gasteiger partial charge is 0.416 e. The van der Waals surface area contributed by atoms with Gasteiger partial charge in [-0.25, -0.2) is 12.4 Å². The second-order valence-corrected chi connectivity index (χ2v) is 8.91. The van der Waals surface area contributed by atoms with Crippen molar-refractivity contribution in [3.8, 4) is 5.88 Å². The molecule has 2 aromatic carbocycles. The van der Waals surface area contributed by atoms with Crippen LogP contribution in [0.4, 0.5) is 24.5 Å². The number of fused-ring (bicyclic) bond motifs is 1. The number of alkyl halides is 3. The molecule has 0 amide bonds. The van der Waals surface area contributed by atoms with Crippen molar-refractivity contribution in [1.82, 2.24) is 8.96 Å². The number of aromatic nitrogens is 2. The van der Waals surface area contributed by atoms with E-state index in [1.165, 1.54) is 13.3 Å². The Kier molecular flexibility index (Phi) is 5.51. The third-order valence-corrected chi connectivity index (χ3v) is 6.66. The molecule has 32 heavy (non-hydrogen) atoms. The van der Waals surface area contributed by atoms with Gasteiger partial charge in [-0.15, -0.1) is 0 Å². The fourth-order valence-electron chi connectivity index (χ4n) is 3.12. The van der Waals surface area contributed by atoms with Gasteiger partial charge in [-0.3, -0.25) is 0 Å². The zero-order chi connectivity index (χ0) is 23.1. The number of nitrogens with zero attached hydrogens (tertiary/aromatic N) is 2. The van der Waals surface area contributed by atoms with Crippen LogP contribution in [0.5, 0.6) is 5.88 Å². The van der Waals surface area contributed by atoms with Gasteiger partial charge in [0.2, 0.25) is 5.88 Å². The van der Waals surface area contributed by atoms with Crippen molar-refractivity contribution in [3.05, 3.63) is 77.6 Å². The lowest BCUT2D eigenvalue weighted by molar-refractivity contribution is -0.137. The molecule has 4 rings (SSSR count). The third-order valence-electron chi connectivity index (χ3n) is 4.69. The summed E-state index contributed by atoms with van der Waals surface area (Å²) >= 11 is 6.14. The molecule has 11 heteroatoms. The van der Waals surface area contributed by atoms with Crippen LogP contribution in [0.1, 0.15) is 5.56 Å². The molecule has 0 saturated heterocycles. The van der Waals surface area contributed by atoms with Gasteiger partial charge >= 0.3 is 6.18 Å². The lowest BCUT2D eigenvalue weighted by atomic mass is 10.2. The number of anilines is 2. The summed E-state index contributed by atoms with van der Waals surface area (Å²) in [5.41, 5.74) is 0.209. The Morgan fingerprint density at radius 2 is 1.84 bits per heavy atom. The van der Waals surface area contributed by atoms with Crippen LogP contribution < -0.4 is 10.1 Å². The van der Waals surface area contributed by atoms with E-state index >= 15 is 0 Å². The number of nitrogens with one attached hydrogen (secondary N) is 1. The van der Waals surface area contributed by atoms with Crippen molar-refractivity contribution in [3.63, 3.8) is 0 Å². The van der Waals surface area contributed by atoms with Crippen LogP contribution in [0.2, 0.25) is 5.15 Å². The van der Waals surface area contributed by atoms with Gasteiger partial charge in [0.15, 0.2) is 5.15 Å². The Labute approximate surface area is 186 Å². The van der Waals surface area contributed by atoms with E-state index in [-0.39, 0.29) is 10.7 Å². The molecular weight excluding hydrogens is 467 g/mol. The molecule has 2 heterocycles. The van der Waals surface area contributed by atoms with Crippen LogP contribution in [-0.2, 0) is 16.2 Å². The molecule has 0 atom stereocenters. The van der Waals surface area contributed by atoms with Gasteiger partial charge in [0.1, 0.15) is 0 Å². The average Bonchev–Trinajstić information content (AvgIpc) is 3.19. The van der Waals surface area contributed by atoms with E-state index in [1.807, 2.05) is 0 Å². The van der Waals surface area contributed by atoms with Crippen LogP contribution in [0, 0.1) is 0 Å². The fourth-order valence-corrected chi connectivity index (χ4v) is 4.70. The molecule has 0 fully saturated rings. The summed E-state index contributed by atoms with van der Waals surface area (Å²) in [6.07, 6.45) is -3.36. The molecule has 0 spiro atoms. The van der Waals surface area contributed by atoms with Crippen molar-refractivity contribution < 1.29 is 26.3 Å². The first kappa shape index (κ1) is 22.0. The van der Waals surface area contributed by atoms with Gasteiger partial charge in [-0.1, -0.05) is 23.7 Å². The molecule has 0 aliphatic carbocycles. The van der Waals surface area contributed by atoms with Crippen LogP contribution in [-0.4, -0.2) is 24.5 Å². The number of pyridine rings is 1. The summed E-state index contributed by atoms with van der Waals surface area (Å²) in [4.78, 5) is 3.59. The van der Waals surface area contributed by atoms with E-state index in [4.69, 9.17) is 16.3 Å². The first-order chi connectivity index (χ1) is 15.1. The Morgan fingerprint density at radius 3 is 2.53 bits per heavy atom. The van der Waals surface area contributed by atoms with E-state index in [2.05, 4.69) is 10.3 Å². The number of rotatable bonds is 5. The summed E-state index contributed by atoms with van der Waals surface area (Å²) in [7, 11) is -2.82. The van der Waals surface area contributed by atoms with Gasteiger partial charge in [0.05, 0.1) is 28.8 Å². The van der Waals surface area contributed by atoms with Crippen LogP contribution >= 0.6 is 11.6 Å². The molecule has 4 aromatic rings. The standard InChI is InChI=1S/C21H15ClF3N3O3S/c1-31-19-8-7-17(20(22)27-19)26-15-6-5-13-9-10-28(18(13)12-15)32(29,30)16-4-2-3-14(11-16)21(23,24)25/h2-12,26H,1H3. The molecule has 0 saturated carbocycles. The predicted octanol–water partition coefficient (Wildman–Crippen LogP) is 5.70. The zero-order valence-corrected chi connectivity index (χ0v) is 18.0. The average molecular weight is 482 g/mol. The second kappa shape index (κ2) is 8.03. The highest BCUT2D eigenvalue weighted by Crippen LogP contribution is 2.33. The lowest BCUT2D eigenvalue weighted by Crippen LogP contribution is -2.13. The van der Waals surface area contributed by atoms with Crippen molar-refractivity contribution in [2.24, 2.45) is 0 Å². The maximum atomic E-state index is 13.1. The summed E-state index contributed by atoms with van der Waals surface area (Å²) in [5.74, 6) is 0.331. The molecule has 0 radical (unpaired) electrons. The number of hydrogen-bond donors (Lipinski definition) is 1. The highest BCUT2D eigenvalue weighted by Gasteiger charge is 2.32. The van der Waals surface area contributed by atoms with Crippen molar-refractivity contribution in [2.45, 2.75) is 11.1 Å². The summed E-state index contributed by atoms with van der Waals surface area (Å²) < 4.78 is 71.3. The minimum atomic E-state index is -4.66. The van der Waals surface area contributed by atoms with E-state index in [0.29, 0.717) is 28.7 Å². The molecular formula is C21H15ClF3N3O3S. The first-order valence-electron chi connectivity index (χ1n) is 9.11. The lowest BCUT2D eigenvalue weighted by Gasteiger charge is -2.12. The van der Waals surface area contributed by atoms with E-state index in [1.54, 1.807) is 36.4 Å². The quantitative estimate of drug-likeness (QED) is 0.370. The number of hydrogen-bond acceptors (Lipinski definition) is 5. The number of methoxy groups -OCH3 is 1. The molecule has 0 aliphatic heterocycles. The molecule has 0 aliphatic rings. The Morgan fingerprint density at radius 1 is 1.06 bits per heavy atom. The molecule has 0 unspecified atom stereocenters. The maximum absolute atomic E-state index is 13.1. The third kappa shape index (κ3) is 4.11. The summed E-state index contributed by atoms with van der Waals surface area (Å²) in [5, 5.41) is 3.78. The van der Waals surface area contributed by atoms with Crippen molar-refractivity contribution in [2.75, 3.05) is 12.4 Å². The van der Waals surface area contributed by atoms with E-state index in [0.717, 1.165) is 22.2 Å². The Hall–Kier alpha value is -3.24. The number of halogens is 4. The second-order valence-electron chi connectivity index (χ2n) is 6.73. The van der Waals surface area contributed by atoms with E-state index < -0.39 is 26.7 Å². The number of ether oxygens (including phenoxy) is 1. The van der Waals surface area contributed by atoms with Crippen molar-refractivity contribution in [1.29, 1.82) is 0 Å². The molecule has 6 nitrogen and oxygen atoms in total. The monoisotopic (exact) mass is 481 g/mol. The molecule has 0 bridgehead atoms. The molecule has 2 aromatic heterocycles. The first-order valence-corrected chi connectivity index (χ1v) is 10.9. The van der Waals surface area contributed by atoms with Gasteiger partial charge < -0.3 is 10.1 Å². The fraction of sp³-hybridized carbons (Fsp3) is 0.0952. The predicted molar refractivity (Wildman–Crippen MR) is 115 cm³/mol. The summed E-state index contributed by atoms with van der Waals surface area (Å²) in [6, 6.07) is 13.4. The normalized spacial score (nSPS) is 12.2. The SMILES string of the molecule is COc1ccc(Nc2ccc3ccn(S(=O)(=O)c4cccc(C(F)(F)F)c4)c3c2)c(Cl)n1. The Balaban J connectivity index is 1.75. The minimum absolute atomic E-state index is 0.149. The topological polar surface area (TPSA) is 73.2 Å². The van der Waals surface area contributed by atoms with Gasteiger partial charge in [0.25, 0.3) is 10.0 Å². The molecule has 1 N–H and O–H groups in total. The highest BCUT2D eigenvalue weighted by molar-refractivity contribution is 7.90. The Bertz CT molecular complexity index is 1420.